The first-order chi connectivity index (χ1) is 7.00. The number of aryl methyl sites for hydroxylation is 2. The van der Waals surface area contributed by atoms with E-state index in [2.05, 4.69) is 31.1 Å². The maximum Gasteiger partial charge on any atom is 0.183 e. The maximum atomic E-state index is 9.01. The van der Waals surface area contributed by atoms with Gasteiger partial charge in [0.05, 0.1) is 5.69 Å². The average molecular weight is 228 g/mol. The first-order valence-corrected chi connectivity index (χ1v) is 6.15. The number of aliphatic hydroxyl groups is 1. The number of thiazole rings is 1. The normalized spacial score (nSPS) is 15.0. The fourth-order valence-electron chi connectivity index (χ4n) is 1.36. The maximum absolute atomic E-state index is 9.01. The summed E-state index contributed by atoms with van der Waals surface area (Å²) in [5.74, 6) is 0. The Morgan fingerprint density at radius 1 is 1.47 bits per heavy atom. The van der Waals surface area contributed by atoms with Gasteiger partial charge in [-0.2, -0.15) is 0 Å². The lowest BCUT2D eigenvalue weighted by atomic mass is 9.95. The highest BCUT2D eigenvalue weighted by Crippen LogP contribution is 2.27. The molecule has 1 atom stereocenters. The van der Waals surface area contributed by atoms with Crippen LogP contribution in [0, 0.1) is 13.8 Å². The zero-order valence-corrected chi connectivity index (χ0v) is 10.7. The summed E-state index contributed by atoms with van der Waals surface area (Å²) in [5, 5.41) is 13.4. The number of aliphatic hydroxyl groups excluding tert-OH is 1. The van der Waals surface area contributed by atoms with E-state index in [0.717, 1.165) is 23.7 Å². The summed E-state index contributed by atoms with van der Waals surface area (Å²) in [7, 11) is 0. The van der Waals surface area contributed by atoms with Gasteiger partial charge in [0, 0.05) is 17.0 Å². The molecule has 1 unspecified atom stereocenters. The number of anilines is 1. The van der Waals surface area contributed by atoms with E-state index >= 15 is 0 Å². The summed E-state index contributed by atoms with van der Waals surface area (Å²) in [6.07, 6.45) is 1.73. The number of nitrogens with zero attached hydrogens (tertiary/aromatic N) is 1. The Kier molecular flexibility index (Phi) is 4.11. The fraction of sp³-hybridized carbons (Fsp3) is 0.727. The molecule has 0 bridgehead atoms. The van der Waals surface area contributed by atoms with Crippen LogP contribution in [0.5, 0.6) is 0 Å². The monoisotopic (exact) mass is 228 g/mol. The van der Waals surface area contributed by atoms with Gasteiger partial charge in [-0.15, -0.1) is 11.3 Å². The van der Waals surface area contributed by atoms with E-state index in [0.29, 0.717) is 0 Å². The molecular formula is C11H20N2OS. The lowest BCUT2D eigenvalue weighted by Crippen LogP contribution is -2.34. The molecule has 0 saturated carbocycles. The summed E-state index contributed by atoms with van der Waals surface area (Å²) in [6.45, 7) is 8.55. The zero-order chi connectivity index (χ0) is 11.5. The van der Waals surface area contributed by atoms with Gasteiger partial charge >= 0.3 is 0 Å². The molecule has 1 rings (SSSR count). The number of rotatable bonds is 5. The molecule has 0 saturated heterocycles. The highest BCUT2D eigenvalue weighted by atomic mass is 32.1. The SMILES string of the molecule is CCC(C)(CCO)Nc1nc(C)c(C)s1. The van der Waals surface area contributed by atoms with Crippen LogP contribution in [-0.4, -0.2) is 22.2 Å². The molecule has 0 aliphatic heterocycles. The minimum absolute atomic E-state index is 0.0501. The number of nitrogens with one attached hydrogen (secondary N) is 1. The zero-order valence-electron chi connectivity index (χ0n) is 9.92. The molecule has 0 spiro atoms. The van der Waals surface area contributed by atoms with Crippen LogP contribution in [0.3, 0.4) is 0 Å². The third-order valence-electron chi connectivity index (χ3n) is 2.88. The van der Waals surface area contributed by atoms with Gasteiger partial charge in [0.25, 0.3) is 0 Å². The van der Waals surface area contributed by atoms with Crippen molar-refractivity contribution in [2.75, 3.05) is 11.9 Å². The van der Waals surface area contributed by atoms with Crippen LogP contribution in [0.15, 0.2) is 0 Å². The van der Waals surface area contributed by atoms with Crippen LogP contribution in [0.2, 0.25) is 0 Å². The molecule has 2 N–H and O–H groups in total. The summed E-state index contributed by atoms with van der Waals surface area (Å²) in [4.78, 5) is 5.70. The Hall–Kier alpha value is -0.610. The molecule has 0 aromatic carbocycles. The van der Waals surface area contributed by atoms with Crippen LogP contribution >= 0.6 is 11.3 Å². The minimum Gasteiger partial charge on any atom is -0.396 e. The molecule has 4 heteroatoms. The molecule has 0 aliphatic carbocycles. The number of aromatic nitrogens is 1. The second-order valence-electron chi connectivity index (χ2n) is 4.17. The molecule has 15 heavy (non-hydrogen) atoms. The minimum atomic E-state index is -0.0501. The van der Waals surface area contributed by atoms with E-state index in [9.17, 15) is 0 Å². The second kappa shape index (κ2) is 4.94. The van der Waals surface area contributed by atoms with Gasteiger partial charge < -0.3 is 10.4 Å². The van der Waals surface area contributed by atoms with Crippen molar-refractivity contribution in [1.82, 2.24) is 4.98 Å². The van der Waals surface area contributed by atoms with Crippen LogP contribution in [0.4, 0.5) is 5.13 Å². The van der Waals surface area contributed by atoms with Crippen molar-refractivity contribution in [1.29, 1.82) is 0 Å². The molecule has 0 amide bonds. The molecule has 1 aromatic heterocycles. The van der Waals surface area contributed by atoms with Crippen molar-refractivity contribution in [3.63, 3.8) is 0 Å². The molecule has 0 radical (unpaired) electrons. The summed E-state index contributed by atoms with van der Waals surface area (Å²) < 4.78 is 0. The van der Waals surface area contributed by atoms with Gasteiger partial charge in [-0.05, 0) is 33.6 Å². The smallest absolute Gasteiger partial charge is 0.183 e. The highest BCUT2D eigenvalue weighted by Gasteiger charge is 2.22. The fourth-order valence-corrected chi connectivity index (χ4v) is 2.32. The van der Waals surface area contributed by atoms with E-state index in [4.69, 9.17) is 5.11 Å². The van der Waals surface area contributed by atoms with E-state index in [1.807, 2.05) is 6.92 Å². The van der Waals surface area contributed by atoms with Gasteiger partial charge in [0.15, 0.2) is 5.13 Å². The van der Waals surface area contributed by atoms with Crippen LogP contribution in [-0.2, 0) is 0 Å². The van der Waals surface area contributed by atoms with Crippen LogP contribution < -0.4 is 5.32 Å². The van der Waals surface area contributed by atoms with Crippen LogP contribution in [0.25, 0.3) is 0 Å². The van der Waals surface area contributed by atoms with Gasteiger partial charge in [-0.1, -0.05) is 6.92 Å². The highest BCUT2D eigenvalue weighted by molar-refractivity contribution is 7.15. The van der Waals surface area contributed by atoms with E-state index in [-0.39, 0.29) is 12.1 Å². The topological polar surface area (TPSA) is 45.1 Å². The van der Waals surface area contributed by atoms with Gasteiger partial charge in [0.1, 0.15) is 0 Å². The molecule has 0 aliphatic rings. The van der Waals surface area contributed by atoms with Crippen molar-refractivity contribution in [3.8, 4) is 0 Å². The first kappa shape index (κ1) is 12.5. The van der Waals surface area contributed by atoms with Crippen molar-refractivity contribution in [2.45, 2.75) is 46.1 Å². The van der Waals surface area contributed by atoms with Crippen LogP contribution in [0.1, 0.15) is 37.3 Å². The lowest BCUT2D eigenvalue weighted by molar-refractivity contribution is 0.252. The molecular weight excluding hydrogens is 208 g/mol. The van der Waals surface area contributed by atoms with Gasteiger partial charge in [-0.25, -0.2) is 4.98 Å². The molecule has 86 valence electrons. The van der Waals surface area contributed by atoms with Crippen molar-refractivity contribution < 1.29 is 5.11 Å². The lowest BCUT2D eigenvalue weighted by Gasteiger charge is -2.28. The van der Waals surface area contributed by atoms with Gasteiger partial charge in [-0.3, -0.25) is 0 Å². The summed E-state index contributed by atoms with van der Waals surface area (Å²) in [6, 6.07) is 0. The number of hydrogen-bond donors (Lipinski definition) is 2. The Balaban J connectivity index is 2.74. The van der Waals surface area contributed by atoms with Crippen molar-refractivity contribution in [2.24, 2.45) is 0 Å². The molecule has 1 aromatic rings. The second-order valence-corrected chi connectivity index (χ2v) is 5.38. The summed E-state index contributed by atoms with van der Waals surface area (Å²) in [5.41, 5.74) is 1.04. The van der Waals surface area contributed by atoms with E-state index in [1.54, 1.807) is 11.3 Å². The first-order valence-electron chi connectivity index (χ1n) is 5.34. The molecule has 1 heterocycles. The third kappa shape index (κ3) is 3.18. The molecule has 3 nitrogen and oxygen atoms in total. The van der Waals surface area contributed by atoms with Crippen molar-refractivity contribution >= 4 is 16.5 Å². The predicted molar refractivity (Wildman–Crippen MR) is 65.6 cm³/mol. The predicted octanol–water partition coefficient (Wildman–Crippen LogP) is 2.72. The standard InChI is InChI=1S/C11H20N2OS/c1-5-11(4,6-7-14)13-10-12-8(2)9(3)15-10/h14H,5-7H2,1-4H3,(H,12,13). The Labute approximate surface area is 95.6 Å². The Morgan fingerprint density at radius 3 is 2.53 bits per heavy atom. The van der Waals surface area contributed by atoms with E-state index < -0.39 is 0 Å². The average Bonchev–Trinajstić information content (AvgIpc) is 2.46. The summed E-state index contributed by atoms with van der Waals surface area (Å²) >= 11 is 1.68. The third-order valence-corrected chi connectivity index (χ3v) is 3.87. The Bertz CT molecular complexity index is 305. The molecule has 0 fully saturated rings. The van der Waals surface area contributed by atoms with Gasteiger partial charge in [0.2, 0.25) is 0 Å². The quantitative estimate of drug-likeness (QED) is 0.814. The number of hydrogen-bond acceptors (Lipinski definition) is 4. The van der Waals surface area contributed by atoms with E-state index in [1.165, 1.54) is 4.88 Å². The largest absolute Gasteiger partial charge is 0.396 e. The van der Waals surface area contributed by atoms with Crippen molar-refractivity contribution in [3.05, 3.63) is 10.6 Å². The Morgan fingerprint density at radius 2 is 2.13 bits per heavy atom.